The first-order valence-electron chi connectivity index (χ1n) is 7.73. The molecular weight excluding hydrogens is 318 g/mol. The standard InChI is InChI=1S/C19H17N3O3/c1-13-17(11-21-22(13)12-14-6-3-2-4-7-14)19(24)25-16-9-5-8-15(10-16)18(20)23/h2-11H,12H2,1H3,(H2,20,23). The minimum absolute atomic E-state index is 0.261. The van der Waals surface area contributed by atoms with Crippen LogP contribution in [0.5, 0.6) is 5.75 Å². The molecule has 0 unspecified atom stereocenters. The van der Waals surface area contributed by atoms with Gasteiger partial charge in [-0.05, 0) is 30.7 Å². The number of hydrogen-bond acceptors (Lipinski definition) is 4. The normalized spacial score (nSPS) is 10.4. The van der Waals surface area contributed by atoms with E-state index in [9.17, 15) is 9.59 Å². The van der Waals surface area contributed by atoms with E-state index in [2.05, 4.69) is 5.10 Å². The van der Waals surface area contributed by atoms with Gasteiger partial charge in [-0.3, -0.25) is 9.48 Å². The van der Waals surface area contributed by atoms with E-state index in [4.69, 9.17) is 10.5 Å². The summed E-state index contributed by atoms with van der Waals surface area (Å²) in [5.41, 5.74) is 7.68. The van der Waals surface area contributed by atoms with Crippen molar-refractivity contribution >= 4 is 11.9 Å². The largest absolute Gasteiger partial charge is 0.423 e. The van der Waals surface area contributed by atoms with Gasteiger partial charge in [0, 0.05) is 5.56 Å². The van der Waals surface area contributed by atoms with Crippen molar-refractivity contribution in [2.45, 2.75) is 13.5 Å². The van der Waals surface area contributed by atoms with Gasteiger partial charge in [0.25, 0.3) is 0 Å². The molecule has 126 valence electrons. The predicted molar refractivity (Wildman–Crippen MR) is 92.4 cm³/mol. The van der Waals surface area contributed by atoms with Crippen LogP contribution < -0.4 is 10.5 Å². The van der Waals surface area contributed by atoms with E-state index in [1.807, 2.05) is 37.3 Å². The molecule has 2 aromatic carbocycles. The number of primary amides is 1. The Kier molecular flexibility index (Phi) is 4.61. The van der Waals surface area contributed by atoms with Crippen LogP contribution in [0, 0.1) is 6.92 Å². The number of ether oxygens (including phenoxy) is 1. The second-order valence-electron chi connectivity index (χ2n) is 5.57. The van der Waals surface area contributed by atoms with Crippen LogP contribution in [0.25, 0.3) is 0 Å². The van der Waals surface area contributed by atoms with E-state index in [1.165, 1.54) is 12.3 Å². The minimum atomic E-state index is -0.579. The molecular formula is C19H17N3O3. The van der Waals surface area contributed by atoms with Crippen LogP contribution in [0.4, 0.5) is 0 Å². The minimum Gasteiger partial charge on any atom is -0.423 e. The van der Waals surface area contributed by atoms with Crippen molar-refractivity contribution in [3.63, 3.8) is 0 Å². The molecule has 0 saturated carbocycles. The van der Waals surface area contributed by atoms with Crippen molar-refractivity contribution in [1.82, 2.24) is 9.78 Å². The van der Waals surface area contributed by atoms with E-state index in [1.54, 1.807) is 22.9 Å². The number of amides is 1. The Balaban J connectivity index is 1.77. The van der Waals surface area contributed by atoms with Gasteiger partial charge in [-0.25, -0.2) is 4.79 Å². The van der Waals surface area contributed by atoms with Crippen molar-refractivity contribution in [2.24, 2.45) is 5.73 Å². The lowest BCUT2D eigenvalue weighted by molar-refractivity contribution is 0.0732. The van der Waals surface area contributed by atoms with E-state index in [0.29, 0.717) is 17.8 Å². The molecule has 1 aromatic heterocycles. The van der Waals surface area contributed by atoms with E-state index >= 15 is 0 Å². The lowest BCUT2D eigenvalue weighted by Gasteiger charge is -2.07. The molecule has 0 bridgehead atoms. The van der Waals surface area contributed by atoms with Crippen molar-refractivity contribution in [3.05, 3.63) is 83.2 Å². The van der Waals surface area contributed by atoms with E-state index in [0.717, 1.165) is 5.56 Å². The van der Waals surface area contributed by atoms with Gasteiger partial charge in [-0.2, -0.15) is 5.10 Å². The first-order valence-corrected chi connectivity index (χ1v) is 7.73. The van der Waals surface area contributed by atoms with Gasteiger partial charge in [0.15, 0.2) is 0 Å². The molecule has 6 heteroatoms. The first-order chi connectivity index (χ1) is 12.0. The fourth-order valence-corrected chi connectivity index (χ4v) is 2.44. The summed E-state index contributed by atoms with van der Waals surface area (Å²) in [5, 5.41) is 4.26. The van der Waals surface area contributed by atoms with Gasteiger partial charge in [0.05, 0.1) is 18.4 Å². The molecule has 0 radical (unpaired) electrons. The monoisotopic (exact) mass is 335 g/mol. The molecule has 2 N–H and O–H groups in total. The van der Waals surface area contributed by atoms with Crippen LogP contribution in [-0.4, -0.2) is 21.7 Å². The fourth-order valence-electron chi connectivity index (χ4n) is 2.44. The summed E-state index contributed by atoms with van der Waals surface area (Å²) < 4.78 is 7.08. The topological polar surface area (TPSA) is 87.2 Å². The number of aromatic nitrogens is 2. The highest BCUT2D eigenvalue weighted by atomic mass is 16.5. The third kappa shape index (κ3) is 3.74. The van der Waals surface area contributed by atoms with Crippen LogP contribution in [0.1, 0.15) is 32.0 Å². The number of carbonyl (C=O) groups is 2. The van der Waals surface area contributed by atoms with Gasteiger partial charge in [-0.1, -0.05) is 36.4 Å². The molecule has 25 heavy (non-hydrogen) atoms. The Morgan fingerprint density at radius 3 is 2.60 bits per heavy atom. The Labute approximate surface area is 144 Å². The summed E-state index contributed by atoms with van der Waals surface area (Å²) in [5.74, 6) is -0.847. The maximum Gasteiger partial charge on any atom is 0.347 e. The third-order valence-corrected chi connectivity index (χ3v) is 3.83. The summed E-state index contributed by atoms with van der Waals surface area (Å²) in [4.78, 5) is 23.6. The number of rotatable bonds is 5. The van der Waals surface area contributed by atoms with E-state index < -0.39 is 11.9 Å². The molecule has 0 aliphatic heterocycles. The molecule has 1 amide bonds. The van der Waals surface area contributed by atoms with Crippen molar-refractivity contribution in [3.8, 4) is 5.75 Å². The molecule has 0 fully saturated rings. The fraction of sp³-hybridized carbons (Fsp3) is 0.105. The van der Waals surface area contributed by atoms with Crippen LogP contribution >= 0.6 is 0 Å². The molecule has 0 saturated heterocycles. The zero-order valence-corrected chi connectivity index (χ0v) is 13.7. The van der Waals surface area contributed by atoms with Crippen molar-refractivity contribution in [2.75, 3.05) is 0 Å². The van der Waals surface area contributed by atoms with Gasteiger partial charge >= 0.3 is 5.97 Å². The van der Waals surface area contributed by atoms with Gasteiger partial charge in [0.2, 0.25) is 5.91 Å². The zero-order chi connectivity index (χ0) is 17.8. The van der Waals surface area contributed by atoms with Gasteiger partial charge in [-0.15, -0.1) is 0 Å². The second-order valence-corrected chi connectivity index (χ2v) is 5.57. The Morgan fingerprint density at radius 1 is 1.12 bits per heavy atom. The molecule has 0 aliphatic carbocycles. The summed E-state index contributed by atoms with van der Waals surface area (Å²) in [6.07, 6.45) is 1.48. The summed E-state index contributed by atoms with van der Waals surface area (Å²) in [6, 6.07) is 16.0. The number of nitrogens with zero attached hydrogens (tertiary/aromatic N) is 2. The maximum absolute atomic E-state index is 12.4. The molecule has 0 spiro atoms. The van der Waals surface area contributed by atoms with Crippen molar-refractivity contribution < 1.29 is 14.3 Å². The van der Waals surface area contributed by atoms with Crippen molar-refractivity contribution in [1.29, 1.82) is 0 Å². The number of benzene rings is 2. The lowest BCUT2D eigenvalue weighted by Crippen LogP contribution is -2.13. The Hall–Kier alpha value is -3.41. The van der Waals surface area contributed by atoms with Gasteiger partial charge < -0.3 is 10.5 Å². The predicted octanol–water partition coefficient (Wildman–Crippen LogP) is 2.56. The number of hydrogen-bond donors (Lipinski definition) is 1. The summed E-state index contributed by atoms with van der Waals surface area (Å²) >= 11 is 0. The van der Waals surface area contributed by atoms with Crippen LogP contribution in [0.15, 0.2) is 60.8 Å². The molecule has 3 rings (SSSR count). The lowest BCUT2D eigenvalue weighted by atomic mass is 10.2. The average molecular weight is 335 g/mol. The van der Waals surface area contributed by atoms with Crippen LogP contribution in [0.3, 0.4) is 0 Å². The highest BCUT2D eigenvalue weighted by Crippen LogP contribution is 2.17. The third-order valence-electron chi connectivity index (χ3n) is 3.83. The maximum atomic E-state index is 12.4. The molecule has 0 aliphatic rings. The van der Waals surface area contributed by atoms with Crippen LogP contribution in [-0.2, 0) is 6.54 Å². The smallest absolute Gasteiger partial charge is 0.347 e. The molecule has 3 aromatic rings. The quantitative estimate of drug-likeness (QED) is 0.573. The molecule has 6 nitrogen and oxygen atoms in total. The van der Waals surface area contributed by atoms with Gasteiger partial charge in [0.1, 0.15) is 11.3 Å². The first kappa shape index (κ1) is 16.4. The zero-order valence-electron chi connectivity index (χ0n) is 13.7. The summed E-state index contributed by atoms with van der Waals surface area (Å²) in [7, 11) is 0. The highest BCUT2D eigenvalue weighted by Gasteiger charge is 2.17. The average Bonchev–Trinajstić information content (AvgIpc) is 2.97. The molecule has 1 heterocycles. The SMILES string of the molecule is Cc1c(C(=O)Oc2cccc(C(N)=O)c2)cnn1Cc1ccccc1. The number of esters is 1. The number of nitrogens with two attached hydrogens (primary N) is 1. The number of carbonyl (C=O) groups excluding carboxylic acids is 2. The highest BCUT2D eigenvalue weighted by molar-refractivity contribution is 5.94. The Bertz CT molecular complexity index is 917. The van der Waals surface area contributed by atoms with Crippen LogP contribution in [0.2, 0.25) is 0 Å². The molecule has 0 atom stereocenters. The summed E-state index contributed by atoms with van der Waals surface area (Å²) in [6.45, 7) is 2.38. The Morgan fingerprint density at radius 2 is 1.88 bits per heavy atom. The second kappa shape index (κ2) is 7.00. The van der Waals surface area contributed by atoms with E-state index in [-0.39, 0.29) is 11.3 Å².